The molecule has 0 spiro atoms. The van der Waals surface area contributed by atoms with Crippen LogP contribution in [0.1, 0.15) is 76.2 Å². The smallest absolute Gasteiger partial charge is 0.328 e. The molecule has 8 heteroatoms. The van der Waals surface area contributed by atoms with Crippen molar-refractivity contribution in [3.8, 4) is 22.8 Å². The van der Waals surface area contributed by atoms with E-state index in [9.17, 15) is 9.59 Å². The zero-order chi connectivity index (χ0) is 31.9. The second-order valence-electron chi connectivity index (χ2n) is 12.9. The van der Waals surface area contributed by atoms with Crippen LogP contribution in [-0.2, 0) is 14.3 Å². The van der Waals surface area contributed by atoms with Crippen molar-refractivity contribution >= 4 is 28.9 Å². The monoisotopic (exact) mass is 625 g/mol. The van der Waals surface area contributed by atoms with Crippen molar-refractivity contribution < 1.29 is 23.8 Å². The number of hydrogen-bond acceptors (Lipinski definition) is 7. The largest absolute Gasteiger partial charge is 0.496 e. The quantitative estimate of drug-likeness (QED) is 0.314. The summed E-state index contributed by atoms with van der Waals surface area (Å²) in [5.74, 6) is 1.29. The number of fused-ring (bicyclic) bond motifs is 3. The SMILES string of the molecule is COC(=O)[C@@H]1CC2CN1C(=O)[C@H](C1CCCCC1)NCCCCCC/C=C/c1cc3c(cc(-c4ccccc4)nc3cc1OC)O2. The predicted molar refractivity (Wildman–Crippen MR) is 181 cm³/mol. The number of benzene rings is 2. The van der Waals surface area contributed by atoms with Gasteiger partial charge in [-0.05, 0) is 50.6 Å². The first kappa shape index (κ1) is 32.0. The number of ether oxygens (including phenoxy) is 3. The maximum Gasteiger partial charge on any atom is 0.328 e. The first-order valence-corrected chi connectivity index (χ1v) is 17.1. The Morgan fingerprint density at radius 1 is 0.978 bits per heavy atom. The third kappa shape index (κ3) is 7.22. The van der Waals surface area contributed by atoms with E-state index >= 15 is 0 Å². The van der Waals surface area contributed by atoms with Gasteiger partial charge in [-0.1, -0.05) is 74.6 Å². The molecule has 244 valence electrons. The van der Waals surface area contributed by atoms with Crippen molar-refractivity contribution in [2.45, 2.75) is 88.8 Å². The molecule has 3 aromatic rings. The molecule has 3 heterocycles. The zero-order valence-corrected chi connectivity index (χ0v) is 27.2. The minimum Gasteiger partial charge on any atom is -0.496 e. The Morgan fingerprint density at radius 2 is 1.76 bits per heavy atom. The van der Waals surface area contributed by atoms with Crippen molar-refractivity contribution in [3.63, 3.8) is 0 Å². The van der Waals surface area contributed by atoms with Crippen LogP contribution in [0.4, 0.5) is 0 Å². The van der Waals surface area contributed by atoms with E-state index in [1.165, 1.54) is 13.5 Å². The average molecular weight is 626 g/mol. The molecule has 1 unspecified atom stereocenters. The predicted octanol–water partition coefficient (Wildman–Crippen LogP) is 6.95. The van der Waals surface area contributed by atoms with Gasteiger partial charge in [-0.25, -0.2) is 9.78 Å². The van der Waals surface area contributed by atoms with Crippen LogP contribution in [0.5, 0.6) is 11.5 Å². The number of carbonyl (C=O) groups excluding carboxylic acids is 2. The lowest BCUT2D eigenvalue weighted by Gasteiger charge is -2.34. The fourth-order valence-electron chi connectivity index (χ4n) is 7.38. The fraction of sp³-hybridized carbons (Fsp3) is 0.500. The van der Waals surface area contributed by atoms with Crippen molar-refractivity contribution in [2.24, 2.45) is 5.92 Å². The van der Waals surface area contributed by atoms with Gasteiger partial charge >= 0.3 is 5.97 Å². The average Bonchev–Trinajstić information content (AvgIpc) is 3.52. The second-order valence-corrected chi connectivity index (χ2v) is 12.9. The molecule has 2 aromatic carbocycles. The third-order valence-corrected chi connectivity index (χ3v) is 9.85. The molecule has 1 saturated heterocycles. The molecule has 8 nitrogen and oxygen atoms in total. The number of nitrogens with zero attached hydrogens (tertiary/aromatic N) is 2. The Balaban J connectivity index is 1.41. The van der Waals surface area contributed by atoms with E-state index in [1.807, 2.05) is 42.5 Å². The van der Waals surface area contributed by atoms with Crippen LogP contribution in [0.15, 0.2) is 54.6 Å². The van der Waals surface area contributed by atoms with Crippen molar-refractivity contribution in [1.82, 2.24) is 15.2 Å². The van der Waals surface area contributed by atoms with Crippen LogP contribution in [-0.4, -0.2) is 67.3 Å². The molecule has 1 aromatic heterocycles. The van der Waals surface area contributed by atoms with Gasteiger partial charge in [0.1, 0.15) is 23.6 Å². The Kier molecular flexibility index (Phi) is 10.5. The van der Waals surface area contributed by atoms with Gasteiger partial charge in [0.15, 0.2) is 0 Å². The Labute approximate surface area is 272 Å². The highest BCUT2D eigenvalue weighted by Crippen LogP contribution is 2.37. The van der Waals surface area contributed by atoms with Crippen LogP contribution in [0.3, 0.4) is 0 Å². The van der Waals surface area contributed by atoms with Crippen LogP contribution in [0.2, 0.25) is 0 Å². The van der Waals surface area contributed by atoms with Gasteiger partial charge in [-0.2, -0.15) is 0 Å². The summed E-state index contributed by atoms with van der Waals surface area (Å²) in [7, 11) is 3.08. The summed E-state index contributed by atoms with van der Waals surface area (Å²) in [5.41, 5.74) is 3.47. The summed E-state index contributed by atoms with van der Waals surface area (Å²) in [5, 5.41) is 4.51. The number of allylic oxidation sites excluding steroid dienone is 1. The lowest BCUT2D eigenvalue weighted by molar-refractivity contribution is -0.152. The van der Waals surface area contributed by atoms with Gasteiger partial charge in [0.25, 0.3) is 0 Å². The standard InChI is InChI=1S/C38H47N3O5/c1-44-34-24-32-30-21-28(34)19-9-5-3-4-6-14-20-39-36(27-17-12-8-13-18-27)37(42)41-25-29(22-33(41)38(43)45-2)46-35(30)23-31(40-32)26-15-10-7-11-16-26/h7,9-11,15-16,19,21,23-24,27,29,33,36,39H,3-6,8,12-14,17-18,20,22,25H2,1-2H3/b19-9+/t29?,33-,36-/m0/s1. The van der Waals surface area contributed by atoms with E-state index in [4.69, 9.17) is 19.2 Å². The van der Waals surface area contributed by atoms with Gasteiger partial charge in [0, 0.05) is 35.1 Å². The van der Waals surface area contributed by atoms with Crippen LogP contribution in [0.25, 0.3) is 28.2 Å². The first-order valence-electron chi connectivity index (χ1n) is 17.1. The topological polar surface area (TPSA) is 90.0 Å². The molecule has 3 atom stereocenters. The van der Waals surface area contributed by atoms with E-state index in [1.54, 1.807) is 12.0 Å². The molecule has 2 fully saturated rings. The Bertz CT molecular complexity index is 1530. The molecule has 3 aliphatic rings. The lowest BCUT2D eigenvalue weighted by atomic mass is 9.83. The molecule has 0 radical (unpaired) electrons. The molecule has 4 bridgehead atoms. The minimum absolute atomic E-state index is 0.00731. The van der Waals surface area contributed by atoms with Gasteiger partial charge in [0.05, 0.1) is 38.0 Å². The van der Waals surface area contributed by atoms with Crippen molar-refractivity contribution in [1.29, 1.82) is 0 Å². The van der Waals surface area contributed by atoms with Gasteiger partial charge in [-0.3, -0.25) is 4.79 Å². The van der Waals surface area contributed by atoms with Crippen LogP contribution >= 0.6 is 0 Å². The number of rotatable bonds is 4. The van der Waals surface area contributed by atoms with Crippen LogP contribution < -0.4 is 14.8 Å². The second kappa shape index (κ2) is 15.1. The summed E-state index contributed by atoms with van der Waals surface area (Å²) in [6, 6.07) is 15.0. The van der Waals surface area contributed by atoms with Gasteiger partial charge < -0.3 is 24.4 Å². The summed E-state index contributed by atoms with van der Waals surface area (Å²) in [6.45, 7) is 1.11. The molecule has 2 aliphatic heterocycles. The number of methoxy groups -OCH3 is 2. The highest BCUT2D eigenvalue weighted by atomic mass is 16.5. The zero-order valence-electron chi connectivity index (χ0n) is 27.2. The van der Waals surface area contributed by atoms with E-state index in [0.29, 0.717) is 18.7 Å². The number of amides is 1. The fourth-order valence-corrected chi connectivity index (χ4v) is 7.38. The number of hydrogen-bond donors (Lipinski definition) is 1. The van der Waals surface area contributed by atoms with E-state index < -0.39 is 18.1 Å². The summed E-state index contributed by atoms with van der Waals surface area (Å²) < 4.78 is 17.8. The third-order valence-electron chi connectivity index (χ3n) is 9.85. The summed E-state index contributed by atoms with van der Waals surface area (Å²) in [4.78, 5) is 34.3. The maximum absolute atomic E-state index is 14.4. The van der Waals surface area contributed by atoms with Gasteiger partial charge in [-0.15, -0.1) is 0 Å². The molecular formula is C38H47N3O5. The van der Waals surface area contributed by atoms with E-state index in [2.05, 4.69) is 23.5 Å². The Hall–Kier alpha value is -3.91. The van der Waals surface area contributed by atoms with Crippen molar-refractivity contribution in [3.05, 3.63) is 60.2 Å². The van der Waals surface area contributed by atoms with E-state index in [0.717, 1.165) is 97.8 Å². The first-order chi connectivity index (χ1) is 22.6. The molecule has 6 rings (SSSR count). The van der Waals surface area contributed by atoms with Crippen molar-refractivity contribution in [2.75, 3.05) is 27.3 Å². The Morgan fingerprint density at radius 3 is 2.54 bits per heavy atom. The van der Waals surface area contributed by atoms with Crippen LogP contribution in [0, 0.1) is 5.92 Å². The van der Waals surface area contributed by atoms with Gasteiger partial charge in [0.2, 0.25) is 5.91 Å². The number of aromatic nitrogens is 1. The maximum atomic E-state index is 14.4. The lowest BCUT2D eigenvalue weighted by Crippen LogP contribution is -2.54. The molecule has 1 aliphatic carbocycles. The highest BCUT2D eigenvalue weighted by molar-refractivity contribution is 5.92. The molecule has 1 amide bonds. The molecule has 1 saturated carbocycles. The summed E-state index contributed by atoms with van der Waals surface area (Å²) in [6.07, 6.45) is 15.2. The number of esters is 1. The number of pyridine rings is 1. The highest BCUT2D eigenvalue weighted by Gasteiger charge is 2.45. The number of nitrogens with one attached hydrogen (secondary N) is 1. The molecular weight excluding hydrogens is 578 g/mol. The molecule has 1 N–H and O–H groups in total. The number of carbonyl (C=O) groups is 2. The van der Waals surface area contributed by atoms with E-state index in [-0.39, 0.29) is 17.9 Å². The minimum atomic E-state index is -0.693. The summed E-state index contributed by atoms with van der Waals surface area (Å²) >= 11 is 0. The normalized spacial score (nSPS) is 24.1. The molecule has 46 heavy (non-hydrogen) atoms.